The van der Waals surface area contributed by atoms with Gasteiger partial charge >= 0.3 is 12.4 Å². The van der Waals surface area contributed by atoms with Crippen LogP contribution in [-0.2, 0) is 18.8 Å². The summed E-state index contributed by atoms with van der Waals surface area (Å²) in [5.74, 6) is 1.55. The zero-order chi connectivity index (χ0) is 29.2. The molecule has 216 valence electrons. The summed E-state index contributed by atoms with van der Waals surface area (Å²) in [6, 6.07) is 11.5. The molecule has 11 heteroatoms. The maximum absolute atomic E-state index is 13.7. The van der Waals surface area contributed by atoms with Crippen LogP contribution in [0.4, 0.5) is 37.8 Å². The second kappa shape index (κ2) is 11.6. The van der Waals surface area contributed by atoms with Gasteiger partial charge in [-0.25, -0.2) is 9.97 Å². The van der Waals surface area contributed by atoms with E-state index in [1.54, 1.807) is 12.1 Å². The molecule has 0 bridgehead atoms. The van der Waals surface area contributed by atoms with Crippen LogP contribution in [0.5, 0.6) is 0 Å². The Morgan fingerprint density at radius 3 is 2.32 bits per heavy atom. The highest BCUT2D eigenvalue weighted by Crippen LogP contribution is 2.37. The molecule has 5 nitrogen and oxygen atoms in total. The number of anilines is 2. The molecule has 5 rings (SSSR count). The summed E-state index contributed by atoms with van der Waals surface area (Å²) >= 11 is 0. The number of fused-ring (bicyclic) bond motifs is 1. The molecule has 41 heavy (non-hydrogen) atoms. The summed E-state index contributed by atoms with van der Waals surface area (Å²) in [5, 5.41) is 3.61. The predicted molar refractivity (Wildman–Crippen MR) is 146 cm³/mol. The number of nitrogens with zero attached hydrogens (tertiary/aromatic N) is 4. The van der Waals surface area contributed by atoms with Crippen LogP contribution in [0.1, 0.15) is 43.1 Å². The van der Waals surface area contributed by atoms with Gasteiger partial charge in [-0.05, 0) is 80.3 Å². The summed E-state index contributed by atoms with van der Waals surface area (Å²) in [6.07, 6.45) is -3.79. The number of rotatable bonds is 10. The second-order valence-electron chi connectivity index (χ2n) is 10.3. The third kappa shape index (κ3) is 7.13. The molecule has 0 radical (unpaired) electrons. The van der Waals surface area contributed by atoms with Crippen molar-refractivity contribution in [2.24, 2.45) is 5.92 Å². The minimum atomic E-state index is -4.59. The lowest BCUT2D eigenvalue weighted by Gasteiger charge is -2.21. The molecule has 1 fully saturated rings. The average molecular weight is 574 g/mol. The topological polar surface area (TPSA) is 53.9 Å². The van der Waals surface area contributed by atoms with Gasteiger partial charge in [0.1, 0.15) is 11.6 Å². The van der Waals surface area contributed by atoms with Crippen molar-refractivity contribution in [1.29, 1.82) is 0 Å². The van der Waals surface area contributed by atoms with E-state index in [9.17, 15) is 26.3 Å². The number of nitrogens with one attached hydrogen (secondary N) is 1. The van der Waals surface area contributed by atoms with Crippen molar-refractivity contribution in [3.8, 4) is 11.3 Å². The third-order valence-corrected chi connectivity index (χ3v) is 7.01. The zero-order valence-corrected chi connectivity index (χ0v) is 22.4. The van der Waals surface area contributed by atoms with Crippen molar-refractivity contribution in [1.82, 2.24) is 19.9 Å². The SMILES string of the molecule is CCCN(CCc1nc(Nc2ccc(C(F)(F)F)cc2)c2ccc(-c3ncccc3C(F)(F)F)cc2n1)CC1CC1. The number of benzene rings is 2. The minimum absolute atomic E-state index is 0.210. The van der Waals surface area contributed by atoms with Crippen LogP contribution in [0, 0.1) is 5.92 Å². The van der Waals surface area contributed by atoms with Gasteiger partial charge < -0.3 is 10.2 Å². The van der Waals surface area contributed by atoms with Gasteiger partial charge in [-0.3, -0.25) is 4.98 Å². The number of alkyl halides is 6. The van der Waals surface area contributed by atoms with Crippen LogP contribution in [-0.4, -0.2) is 39.5 Å². The van der Waals surface area contributed by atoms with Gasteiger partial charge in [-0.15, -0.1) is 0 Å². The Balaban J connectivity index is 1.52. The van der Waals surface area contributed by atoms with E-state index in [1.165, 1.54) is 43.3 Å². The molecule has 0 atom stereocenters. The van der Waals surface area contributed by atoms with E-state index in [4.69, 9.17) is 4.98 Å². The van der Waals surface area contributed by atoms with E-state index in [0.717, 1.165) is 37.7 Å². The Kier molecular flexibility index (Phi) is 8.17. The summed E-state index contributed by atoms with van der Waals surface area (Å²) < 4.78 is 80.3. The van der Waals surface area contributed by atoms with Crippen molar-refractivity contribution in [2.75, 3.05) is 25.0 Å². The summed E-state index contributed by atoms with van der Waals surface area (Å²) in [7, 11) is 0. The summed E-state index contributed by atoms with van der Waals surface area (Å²) in [6.45, 7) is 4.77. The Labute approximate surface area is 233 Å². The highest BCUT2D eigenvalue weighted by molar-refractivity contribution is 5.93. The fourth-order valence-electron chi connectivity index (χ4n) is 4.81. The van der Waals surface area contributed by atoms with Gasteiger partial charge in [0, 0.05) is 42.3 Å². The molecule has 0 unspecified atom stereocenters. The molecule has 0 aliphatic heterocycles. The van der Waals surface area contributed by atoms with Crippen LogP contribution >= 0.6 is 0 Å². The maximum atomic E-state index is 13.7. The van der Waals surface area contributed by atoms with Crippen LogP contribution in [0.2, 0.25) is 0 Å². The standard InChI is InChI=1S/C30H29F6N5/c1-2-15-41(18-19-5-6-19)16-13-26-39-25-17-20(27-24(30(34,35)36)4-3-14-37-27)7-12-23(25)28(40-26)38-22-10-8-21(9-11-22)29(31,32)33/h3-4,7-12,14,17,19H,2,5-6,13,15-16,18H2,1H3,(H,38,39,40). The molecule has 2 aromatic carbocycles. The fraction of sp³-hybridized carbons (Fsp3) is 0.367. The molecule has 1 aliphatic rings. The Morgan fingerprint density at radius 2 is 1.66 bits per heavy atom. The van der Waals surface area contributed by atoms with Crippen molar-refractivity contribution in [3.63, 3.8) is 0 Å². The van der Waals surface area contributed by atoms with Crippen LogP contribution in [0.15, 0.2) is 60.8 Å². The number of aromatic nitrogens is 3. The third-order valence-electron chi connectivity index (χ3n) is 7.01. The molecular formula is C30H29F6N5. The number of halogens is 6. The van der Waals surface area contributed by atoms with Crippen LogP contribution < -0.4 is 5.32 Å². The first kappa shape index (κ1) is 28.8. The minimum Gasteiger partial charge on any atom is -0.340 e. The average Bonchev–Trinajstić information content (AvgIpc) is 3.75. The lowest BCUT2D eigenvalue weighted by molar-refractivity contribution is -0.138. The predicted octanol–water partition coefficient (Wildman–Crippen LogP) is 8.14. The van der Waals surface area contributed by atoms with Crippen molar-refractivity contribution in [3.05, 3.63) is 77.7 Å². The Hall–Kier alpha value is -3.73. The van der Waals surface area contributed by atoms with Gasteiger partial charge in [-0.2, -0.15) is 26.3 Å². The highest BCUT2D eigenvalue weighted by Gasteiger charge is 2.34. The fourth-order valence-corrected chi connectivity index (χ4v) is 4.81. The van der Waals surface area contributed by atoms with Gasteiger partial charge in [-0.1, -0.05) is 13.0 Å². The molecule has 2 aromatic heterocycles. The molecule has 4 aromatic rings. The lowest BCUT2D eigenvalue weighted by Crippen LogP contribution is -2.29. The van der Waals surface area contributed by atoms with Gasteiger partial charge in [0.2, 0.25) is 0 Å². The van der Waals surface area contributed by atoms with E-state index in [1.807, 2.05) is 0 Å². The normalized spacial score (nSPS) is 14.1. The maximum Gasteiger partial charge on any atom is 0.418 e. The first-order chi connectivity index (χ1) is 19.5. The van der Waals surface area contributed by atoms with Gasteiger partial charge in [0.25, 0.3) is 0 Å². The van der Waals surface area contributed by atoms with E-state index >= 15 is 0 Å². The van der Waals surface area contributed by atoms with Crippen molar-refractivity contribution >= 4 is 22.4 Å². The second-order valence-corrected chi connectivity index (χ2v) is 10.3. The molecule has 2 heterocycles. The largest absolute Gasteiger partial charge is 0.418 e. The first-order valence-electron chi connectivity index (χ1n) is 13.5. The zero-order valence-electron chi connectivity index (χ0n) is 22.4. The lowest BCUT2D eigenvalue weighted by atomic mass is 10.0. The molecule has 1 saturated carbocycles. The monoisotopic (exact) mass is 573 g/mol. The molecular weight excluding hydrogens is 544 g/mol. The van der Waals surface area contributed by atoms with E-state index in [0.29, 0.717) is 47.1 Å². The molecule has 0 spiro atoms. The number of hydrogen-bond acceptors (Lipinski definition) is 5. The molecule has 0 saturated heterocycles. The Bertz CT molecular complexity index is 1500. The quantitative estimate of drug-likeness (QED) is 0.194. The van der Waals surface area contributed by atoms with Crippen LogP contribution in [0.25, 0.3) is 22.2 Å². The van der Waals surface area contributed by atoms with Crippen LogP contribution in [0.3, 0.4) is 0 Å². The summed E-state index contributed by atoms with van der Waals surface area (Å²) in [5.41, 5.74) is -0.798. The van der Waals surface area contributed by atoms with Gasteiger partial charge in [0.05, 0.1) is 22.3 Å². The smallest absolute Gasteiger partial charge is 0.340 e. The van der Waals surface area contributed by atoms with E-state index in [-0.39, 0.29) is 11.3 Å². The number of hydrogen-bond donors (Lipinski definition) is 1. The first-order valence-corrected chi connectivity index (χ1v) is 13.5. The van der Waals surface area contributed by atoms with Crippen molar-refractivity contribution in [2.45, 2.75) is 45.0 Å². The Morgan fingerprint density at radius 1 is 0.902 bits per heavy atom. The van der Waals surface area contributed by atoms with E-state index in [2.05, 4.69) is 27.1 Å². The van der Waals surface area contributed by atoms with Crippen molar-refractivity contribution < 1.29 is 26.3 Å². The highest BCUT2D eigenvalue weighted by atomic mass is 19.4. The summed E-state index contributed by atoms with van der Waals surface area (Å²) in [4.78, 5) is 15.7. The molecule has 0 amide bonds. The molecule has 1 aliphatic carbocycles. The number of pyridine rings is 1. The van der Waals surface area contributed by atoms with E-state index < -0.39 is 23.5 Å². The molecule has 1 N–H and O–H groups in total. The van der Waals surface area contributed by atoms with Gasteiger partial charge in [0.15, 0.2) is 0 Å².